The van der Waals surface area contributed by atoms with Crippen LogP contribution in [-0.4, -0.2) is 16.8 Å². The summed E-state index contributed by atoms with van der Waals surface area (Å²) in [4.78, 5) is -2.78. The predicted octanol–water partition coefficient (Wildman–Crippen LogP) is 6.95. The molecule has 0 atom stereocenters. The first-order valence-electron chi connectivity index (χ1n) is 11.3. The van der Waals surface area contributed by atoms with E-state index in [1.165, 1.54) is 24.3 Å². The van der Waals surface area contributed by atoms with Crippen molar-refractivity contribution in [1.82, 2.24) is 0 Å². The van der Waals surface area contributed by atoms with Gasteiger partial charge >= 0.3 is 20.2 Å². The van der Waals surface area contributed by atoms with E-state index < -0.39 is 53.3 Å². The molecule has 0 amide bonds. The molecule has 11 heteroatoms. The standard InChI is InChI=1S/C28H14F4O5S2/c29-23-13-19-9-15-5-1-3-7-17(15)11-21(19)27(25(23)31)38(33,34)37-39(35,36)28-22-12-18-8-4-2-6-16(18)10-20(22)14-24(30)26(28)32/h1-14H. The van der Waals surface area contributed by atoms with Gasteiger partial charge in [-0.3, -0.25) is 0 Å². The Labute approximate surface area is 219 Å². The molecule has 0 fully saturated rings. The van der Waals surface area contributed by atoms with Gasteiger partial charge in [0.2, 0.25) is 0 Å². The van der Waals surface area contributed by atoms with E-state index in [0.717, 1.165) is 12.1 Å². The molecule has 0 aliphatic rings. The molecule has 0 bridgehead atoms. The summed E-state index contributed by atoms with van der Waals surface area (Å²) >= 11 is 0. The Morgan fingerprint density at radius 1 is 0.462 bits per heavy atom. The van der Waals surface area contributed by atoms with E-state index in [1.54, 1.807) is 48.5 Å². The van der Waals surface area contributed by atoms with Gasteiger partial charge in [-0.05, 0) is 68.7 Å². The van der Waals surface area contributed by atoms with Gasteiger partial charge in [-0.15, -0.1) is 3.63 Å². The molecule has 0 saturated carbocycles. The molecule has 6 aromatic carbocycles. The van der Waals surface area contributed by atoms with Crippen molar-refractivity contribution in [1.29, 1.82) is 0 Å². The highest BCUT2D eigenvalue weighted by Crippen LogP contribution is 2.37. The predicted molar refractivity (Wildman–Crippen MR) is 138 cm³/mol. The van der Waals surface area contributed by atoms with Gasteiger partial charge in [0.1, 0.15) is 9.79 Å². The Kier molecular flexibility index (Phi) is 5.65. The van der Waals surface area contributed by atoms with Gasteiger partial charge in [0.25, 0.3) is 0 Å². The maximum absolute atomic E-state index is 15.0. The summed E-state index contributed by atoms with van der Waals surface area (Å²) in [6.45, 7) is 0. The Bertz CT molecular complexity index is 2070. The van der Waals surface area contributed by atoms with E-state index in [0.29, 0.717) is 21.5 Å². The molecule has 5 nitrogen and oxygen atoms in total. The molecular weight excluding hydrogens is 556 g/mol. The average Bonchev–Trinajstić information content (AvgIpc) is 2.87. The van der Waals surface area contributed by atoms with Gasteiger partial charge in [0.15, 0.2) is 23.3 Å². The minimum absolute atomic E-state index is 0.0546. The SMILES string of the molecule is O=S(=O)(OS(=O)(=O)c1c(F)c(F)cc2cc3ccccc3cc12)c1c(F)c(F)cc2cc3ccccc3cc12. The minimum Gasteiger partial charge on any atom is -0.204 e. The third-order valence-corrected chi connectivity index (χ3v) is 9.62. The van der Waals surface area contributed by atoms with E-state index in [1.807, 2.05) is 0 Å². The highest BCUT2D eigenvalue weighted by atomic mass is 32.3. The molecule has 0 N–H and O–H groups in total. The number of rotatable bonds is 4. The van der Waals surface area contributed by atoms with E-state index in [-0.39, 0.29) is 21.5 Å². The molecule has 0 spiro atoms. The van der Waals surface area contributed by atoms with Crippen LogP contribution in [0.1, 0.15) is 0 Å². The zero-order chi connectivity index (χ0) is 27.7. The van der Waals surface area contributed by atoms with Gasteiger partial charge in [0.05, 0.1) is 0 Å². The van der Waals surface area contributed by atoms with Gasteiger partial charge < -0.3 is 0 Å². The smallest absolute Gasteiger partial charge is 0.204 e. The summed E-state index contributed by atoms with van der Waals surface area (Å²) in [5.74, 6) is -6.93. The van der Waals surface area contributed by atoms with Crippen molar-refractivity contribution in [2.24, 2.45) is 0 Å². The minimum atomic E-state index is -5.65. The van der Waals surface area contributed by atoms with Crippen LogP contribution in [0, 0.1) is 23.3 Å². The van der Waals surface area contributed by atoms with Crippen LogP contribution in [0.2, 0.25) is 0 Å². The molecule has 196 valence electrons. The third-order valence-electron chi connectivity index (χ3n) is 6.39. The molecule has 0 unspecified atom stereocenters. The zero-order valence-corrected chi connectivity index (χ0v) is 21.1. The van der Waals surface area contributed by atoms with Crippen LogP contribution in [0.25, 0.3) is 43.1 Å². The fourth-order valence-electron chi connectivity index (χ4n) is 4.68. The van der Waals surface area contributed by atoms with E-state index in [4.69, 9.17) is 0 Å². The van der Waals surface area contributed by atoms with Crippen molar-refractivity contribution in [3.05, 3.63) is 108 Å². The summed E-state index contributed by atoms with van der Waals surface area (Å²) in [6.07, 6.45) is 0. The van der Waals surface area contributed by atoms with Crippen LogP contribution >= 0.6 is 0 Å². The Morgan fingerprint density at radius 3 is 1.15 bits per heavy atom. The molecule has 0 aliphatic heterocycles. The van der Waals surface area contributed by atoms with E-state index in [9.17, 15) is 25.6 Å². The van der Waals surface area contributed by atoms with Crippen molar-refractivity contribution < 1.29 is 38.0 Å². The molecule has 0 heterocycles. The number of benzene rings is 6. The summed E-state index contributed by atoms with van der Waals surface area (Å²) in [5, 5.41) is 1.22. The highest BCUT2D eigenvalue weighted by molar-refractivity contribution is 8.00. The largest absolute Gasteiger partial charge is 0.315 e. The maximum atomic E-state index is 15.0. The van der Waals surface area contributed by atoms with Crippen LogP contribution in [0.3, 0.4) is 0 Å². The number of fused-ring (bicyclic) bond motifs is 4. The van der Waals surface area contributed by atoms with Crippen molar-refractivity contribution in [3.8, 4) is 0 Å². The Hall–Kier alpha value is -4.06. The first-order chi connectivity index (χ1) is 18.5. The fraction of sp³-hybridized carbons (Fsp3) is 0. The molecule has 6 rings (SSSR count). The summed E-state index contributed by atoms with van der Waals surface area (Å²) in [6, 6.07) is 19.9. The second-order valence-corrected chi connectivity index (χ2v) is 12.0. The molecule has 0 aromatic heterocycles. The lowest BCUT2D eigenvalue weighted by Gasteiger charge is -2.14. The number of hydrogen-bond acceptors (Lipinski definition) is 5. The lowest BCUT2D eigenvalue weighted by molar-refractivity contribution is 0.439. The van der Waals surface area contributed by atoms with Crippen molar-refractivity contribution in [3.63, 3.8) is 0 Å². The summed E-state index contributed by atoms with van der Waals surface area (Å²) < 4.78 is 117. The molecule has 0 aliphatic carbocycles. The third kappa shape index (κ3) is 4.10. The summed E-state index contributed by atoms with van der Waals surface area (Å²) in [5.41, 5.74) is 0. The van der Waals surface area contributed by atoms with Crippen molar-refractivity contribution in [2.75, 3.05) is 0 Å². The first kappa shape index (κ1) is 25.2. The van der Waals surface area contributed by atoms with Crippen LogP contribution in [0.15, 0.2) is 94.7 Å². The second-order valence-electron chi connectivity index (χ2n) is 8.82. The van der Waals surface area contributed by atoms with Crippen molar-refractivity contribution in [2.45, 2.75) is 9.79 Å². The fourth-order valence-corrected chi connectivity index (χ4v) is 7.69. The molecular formula is C28H14F4O5S2. The molecule has 6 aromatic rings. The van der Waals surface area contributed by atoms with E-state index >= 15 is 8.78 Å². The van der Waals surface area contributed by atoms with Crippen LogP contribution in [0.4, 0.5) is 17.6 Å². The highest BCUT2D eigenvalue weighted by Gasteiger charge is 2.36. The normalized spacial score (nSPS) is 12.6. The number of hydrogen-bond donors (Lipinski definition) is 0. The van der Waals surface area contributed by atoms with Gasteiger partial charge in [-0.25, -0.2) is 17.6 Å². The van der Waals surface area contributed by atoms with Gasteiger partial charge in [0, 0.05) is 10.8 Å². The Morgan fingerprint density at radius 2 is 0.795 bits per heavy atom. The molecule has 0 radical (unpaired) electrons. The van der Waals surface area contributed by atoms with Crippen molar-refractivity contribution >= 4 is 63.3 Å². The molecule has 39 heavy (non-hydrogen) atoms. The average molecular weight is 571 g/mol. The van der Waals surface area contributed by atoms with Crippen LogP contribution < -0.4 is 0 Å². The second kappa shape index (κ2) is 8.73. The molecule has 0 saturated heterocycles. The number of halogens is 4. The lowest BCUT2D eigenvalue weighted by atomic mass is 10.0. The monoisotopic (exact) mass is 570 g/mol. The van der Waals surface area contributed by atoms with Gasteiger partial charge in [-0.1, -0.05) is 48.5 Å². The topological polar surface area (TPSA) is 77.5 Å². The van der Waals surface area contributed by atoms with Gasteiger partial charge in [-0.2, -0.15) is 16.8 Å². The van der Waals surface area contributed by atoms with E-state index in [2.05, 4.69) is 3.63 Å². The lowest BCUT2D eigenvalue weighted by Crippen LogP contribution is -2.18. The van der Waals surface area contributed by atoms with Crippen LogP contribution in [-0.2, 0) is 23.9 Å². The summed E-state index contributed by atoms with van der Waals surface area (Å²) in [7, 11) is -11.3. The van der Waals surface area contributed by atoms with Crippen LogP contribution in [0.5, 0.6) is 0 Å². The zero-order valence-electron chi connectivity index (χ0n) is 19.5. The first-order valence-corrected chi connectivity index (χ1v) is 14.1. The quantitative estimate of drug-likeness (QED) is 0.169. The maximum Gasteiger partial charge on any atom is 0.315 e. The Balaban J connectivity index is 1.58.